The minimum Gasteiger partial charge on any atom is -0.471 e. The average molecular weight is 428 g/mol. The molecule has 1 aliphatic heterocycles. The van der Waals surface area contributed by atoms with Crippen molar-refractivity contribution in [1.82, 2.24) is 5.16 Å². The number of rotatable bonds is 5. The highest BCUT2D eigenvalue weighted by Gasteiger charge is 2.38. The Morgan fingerprint density at radius 1 is 1.20 bits per heavy atom. The second-order valence-corrected chi connectivity index (χ2v) is 7.33. The highest BCUT2D eigenvalue weighted by Crippen LogP contribution is 2.39. The molecule has 2 N–H and O–H groups in total. The fraction of sp³-hybridized carbons (Fsp3) is 0.474. The van der Waals surface area contributed by atoms with Gasteiger partial charge in [-0.3, -0.25) is 4.90 Å². The number of nitrogens with zero attached hydrogens (tertiary/aromatic N) is 2. The molecule has 4 atom stereocenters. The van der Waals surface area contributed by atoms with Crippen molar-refractivity contribution < 1.29 is 42.2 Å². The van der Waals surface area contributed by atoms with Crippen molar-refractivity contribution in [2.75, 3.05) is 18.1 Å². The summed E-state index contributed by atoms with van der Waals surface area (Å²) in [5.74, 6) is -4.47. The average Bonchev–Trinajstić information content (AvgIpc) is 3.35. The maximum Gasteiger partial charge on any atom is 0.414 e. The normalized spacial score (nSPS) is 26.7. The van der Waals surface area contributed by atoms with Gasteiger partial charge in [0, 0.05) is 17.7 Å². The number of hydrogen-bond donors (Lipinski definition) is 2. The zero-order valence-corrected chi connectivity index (χ0v) is 15.6. The van der Waals surface area contributed by atoms with E-state index >= 15 is 0 Å². The monoisotopic (exact) mass is 428 g/mol. The topological polar surface area (TPSA) is 105 Å². The van der Waals surface area contributed by atoms with E-state index in [1.807, 2.05) is 0 Å². The number of carbonyl (C=O) groups is 1. The third kappa shape index (κ3) is 3.82. The Morgan fingerprint density at radius 3 is 2.70 bits per heavy atom. The minimum absolute atomic E-state index is 0.0962. The standard InChI is InChI=1S/C19H19F3N2O6/c20-11-6-12(17(21)18(22)16(11)9-1-2-13(25)14(26)5-9)24-7-10(30-19(24)27)8-28-15-3-4-29-23-15/h3-4,6,9-10,13-14,25-26H,1-2,5,7-8H2/t9?,10-,13?,14+/m1/s1. The molecule has 2 fully saturated rings. The number of hydrogen-bond acceptors (Lipinski definition) is 7. The number of carbonyl (C=O) groups excluding carboxylic acids is 1. The number of anilines is 1. The molecule has 162 valence electrons. The summed E-state index contributed by atoms with van der Waals surface area (Å²) in [6, 6.07) is 2.19. The SMILES string of the molecule is O=C1O[C@@H](COc2ccon2)CN1c1cc(F)c(C2CCC(O)[C@@H](O)C2)c(F)c1F. The molecule has 1 aliphatic carbocycles. The smallest absolute Gasteiger partial charge is 0.414 e. The molecule has 2 unspecified atom stereocenters. The van der Waals surface area contributed by atoms with Crippen LogP contribution in [0.5, 0.6) is 5.88 Å². The fourth-order valence-electron chi connectivity index (χ4n) is 3.82. The first kappa shape index (κ1) is 20.5. The van der Waals surface area contributed by atoms with Gasteiger partial charge in [-0.25, -0.2) is 18.0 Å². The van der Waals surface area contributed by atoms with Gasteiger partial charge in [0.1, 0.15) is 18.7 Å². The Labute approximate surface area is 168 Å². The van der Waals surface area contributed by atoms with Crippen LogP contribution in [0.2, 0.25) is 0 Å². The van der Waals surface area contributed by atoms with Crippen molar-refractivity contribution in [3.05, 3.63) is 41.4 Å². The Hall–Kier alpha value is -2.79. The third-order valence-corrected chi connectivity index (χ3v) is 5.36. The van der Waals surface area contributed by atoms with E-state index in [4.69, 9.17) is 9.47 Å². The first-order valence-corrected chi connectivity index (χ1v) is 9.40. The van der Waals surface area contributed by atoms with E-state index in [1.165, 1.54) is 12.3 Å². The van der Waals surface area contributed by atoms with Crippen molar-refractivity contribution in [3.8, 4) is 5.88 Å². The number of benzene rings is 1. The minimum atomic E-state index is -1.42. The lowest BCUT2D eigenvalue weighted by Gasteiger charge is -2.31. The predicted octanol–water partition coefficient (Wildman–Crippen LogP) is 2.49. The van der Waals surface area contributed by atoms with Crippen LogP contribution in [0, 0.1) is 17.5 Å². The van der Waals surface area contributed by atoms with Crippen LogP contribution in [-0.2, 0) is 4.74 Å². The van der Waals surface area contributed by atoms with Crippen LogP contribution in [0.1, 0.15) is 30.7 Å². The van der Waals surface area contributed by atoms with Gasteiger partial charge < -0.3 is 24.2 Å². The molecule has 2 heterocycles. The van der Waals surface area contributed by atoms with E-state index in [0.29, 0.717) is 0 Å². The van der Waals surface area contributed by atoms with Crippen LogP contribution in [0.25, 0.3) is 0 Å². The largest absolute Gasteiger partial charge is 0.471 e. The zero-order valence-electron chi connectivity index (χ0n) is 15.6. The molecule has 0 bridgehead atoms. The summed E-state index contributed by atoms with van der Waals surface area (Å²) in [5.41, 5.74) is -1.08. The lowest BCUT2D eigenvalue weighted by atomic mass is 9.80. The molecule has 30 heavy (non-hydrogen) atoms. The summed E-state index contributed by atoms with van der Waals surface area (Å²) >= 11 is 0. The van der Waals surface area contributed by atoms with Gasteiger partial charge in [-0.1, -0.05) is 0 Å². The molecule has 0 radical (unpaired) electrons. The second-order valence-electron chi connectivity index (χ2n) is 7.33. The fourth-order valence-corrected chi connectivity index (χ4v) is 3.82. The molecule has 1 amide bonds. The molecule has 2 aliphatic rings. The first-order chi connectivity index (χ1) is 14.3. The number of amides is 1. The summed E-state index contributed by atoms with van der Waals surface area (Å²) in [6.45, 7) is -0.290. The molecule has 1 saturated heterocycles. The molecule has 1 aromatic carbocycles. The van der Waals surface area contributed by atoms with Gasteiger partial charge in [0.05, 0.1) is 24.4 Å². The third-order valence-electron chi connectivity index (χ3n) is 5.36. The van der Waals surface area contributed by atoms with E-state index in [-0.39, 0.29) is 38.3 Å². The summed E-state index contributed by atoms with van der Waals surface area (Å²) in [7, 11) is 0. The van der Waals surface area contributed by atoms with E-state index < -0.39 is 59.0 Å². The van der Waals surface area contributed by atoms with Crippen LogP contribution in [-0.4, -0.2) is 52.9 Å². The van der Waals surface area contributed by atoms with Crippen LogP contribution < -0.4 is 9.64 Å². The van der Waals surface area contributed by atoms with Crippen molar-refractivity contribution >= 4 is 11.8 Å². The molecule has 11 heteroatoms. The number of ether oxygens (including phenoxy) is 2. The molecule has 1 saturated carbocycles. The Morgan fingerprint density at radius 2 is 2.00 bits per heavy atom. The Kier molecular flexibility index (Phi) is 5.56. The first-order valence-electron chi connectivity index (χ1n) is 9.40. The van der Waals surface area contributed by atoms with Gasteiger partial charge in [0.25, 0.3) is 5.88 Å². The Balaban J connectivity index is 1.52. The van der Waals surface area contributed by atoms with Gasteiger partial charge in [-0.05, 0) is 30.3 Å². The van der Waals surface area contributed by atoms with Crippen molar-refractivity contribution in [2.24, 2.45) is 0 Å². The maximum atomic E-state index is 14.8. The quantitative estimate of drug-likeness (QED) is 0.705. The van der Waals surface area contributed by atoms with E-state index in [2.05, 4.69) is 9.68 Å². The number of aliphatic hydroxyl groups is 2. The highest BCUT2D eigenvalue weighted by molar-refractivity contribution is 5.90. The van der Waals surface area contributed by atoms with E-state index in [9.17, 15) is 28.2 Å². The number of aliphatic hydroxyl groups excluding tert-OH is 2. The van der Waals surface area contributed by atoms with Gasteiger partial charge in [-0.2, -0.15) is 0 Å². The summed E-state index contributed by atoms with van der Waals surface area (Å²) < 4.78 is 59.2. The van der Waals surface area contributed by atoms with Crippen molar-refractivity contribution in [2.45, 2.75) is 43.5 Å². The summed E-state index contributed by atoms with van der Waals surface area (Å²) in [6.07, 6.45) is -2.38. The number of cyclic esters (lactones) is 1. The molecule has 8 nitrogen and oxygen atoms in total. The van der Waals surface area contributed by atoms with E-state index in [1.54, 1.807) is 0 Å². The number of halogens is 3. The molecule has 4 rings (SSSR count). The van der Waals surface area contributed by atoms with Gasteiger partial charge in [0.15, 0.2) is 17.7 Å². The van der Waals surface area contributed by atoms with Gasteiger partial charge >= 0.3 is 6.09 Å². The molecule has 1 aromatic heterocycles. The van der Waals surface area contributed by atoms with Crippen LogP contribution in [0.4, 0.5) is 23.7 Å². The van der Waals surface area contributed by atoms with Crippen molar-refractivity contribution in [1.29, 1.82) is 0 Å². The predicted molar refractivity (Wildman–Crippen MR) is 94.5 cm³/mol. The zero-order chi connectivity index (χ0) is 21.4. The summed E-state index contributed by atoms with van der Waals surface area (Å²) in [5, 5.41) is 22.9. The van der Waals surface area contributed by atoms with Crippen LogP contribution in [0.15, 0.2) is 22.9 Å². The van der Waals surface area contributed by atoms with Crippen LogP contribution in [0.3, 0.4) is 0 Å². The van der Waals surface area contributed by atoms with Crippen LogP contribution >= 0.6 is 0 Å². The molecular formula is C19H19F3N2O6. The lowest BCUT2D eigenvalue weighted by molar-refractivity contribution is -0.0156. The Bertz CT molecular complexity index is 925. The second kappa shape index (κ2) is 8.15. The molecule has 2 aromatic rings. The molecule has 0 spiro atoms. The maximum absolute atomic E-state index is 14.8. The molecular weight excluding hydrogens is 409 g/mol. The van der Waals surface area contributed by atoms with Gasteiger partial charge in [-0.15, -0.1) is 0 Å². The lowest BCUT2D eigenvalue weighted by Crippen LogP contribution is -2.33. The summed E-state index contributed by atoms with van der Waals surface area (Å²) in [4.78, 5) is 12.9. The van der Waals surface area contributed by atoms with Gasteiger partial charge in [0.2, 0.25) is 0 Å². The highest BCUT2D eigenvalue weighted by atomic mass is 19.2. The van der Waals surface area contributed by atoms with E-state index in [0.717, 1.165) is 11.0 Å². The number of aromatic nitrogens is 1. The van der Waals surface area contributed by atoms with Crippen molar-refractivity contribution in [3.63, 3.8) is 0 Å².